The van der Waals surface area contributed by atoms with Crippen molar-refractivity contribution >= 4 is 46.3 Å². The molecule has 0 N–H and O–H groups in total. The molecular formula is C15H11NO5S2. The third kappa shape index (κ3) is 3.22. The van der Waals surface area contributed by atoms with Gasteiger partial charge in [0.05, 0.1) is 18.6 Å². The first-order valence-corrected chi connectivity index (χ1v) is 8.29. The van der Waals surface area contributed by atoms with Crippen molar-refractivity contribution in [1.82, 2.24) is 4.90 Å². The summed E-state index contributed by atoms with van der Waals surface area (Å²) in [7, 11) is 1.25. The Balaban J connectivity index is 1.76. The van der Waals surface area contributed by atoms with Crippen molar-refractivity contribution in [1.29, 1.82) is 0 Å². The highest BCUT2D eigenvalue weighted by atomic mass is 32.2. The van der Waals surface area contributed by atoms with Gasteiger partial charge in [0.1, 0.15) is 5.76 Å². The van der Waals surface area contributed by atoms with Gasteiger partial charge in [-0.3, -0.25) is 14.5 Å². The van der Waals surface area contributed by atoms with Crippen molar-refractivity contribution in [3.63, 3.8) is 0 Å². The van der Waals surface area contributed by atoms with E-state index in [0.29, 0.717) is 10.7 Å². The summed E-state index contributed by atoms with van der Waals surface area (Å²) in [5, 5.41) is 3.42. The molecule has 118 valence electrons. The van der Waals surface area contributed by atoms with E-state index in [0.717, 1.165) is 22.2 Å². The molecule has 0 bridgehead atoms. The van der Waals surface area contributed by atoms with Crippen LogP contribution < -0.4 is 0 Å². The maximum atomic E-state index is 12.3. The highest BCUT2D eigenvalue weighted by Crippen LogP contribution is 2.33. The molecular weight excluding hydrogens is 338 g/mol. The zero-order valence-corrected chi connectivity index (χ0v) is 13.6. The fraction of sp³-hybridized carbons (Fsp3) is 0.133. The monoisotopic (exact) mass is 349 g/mol. The topological polar surface area (TPSA) is 76.8 Å². The molecule has 2 aromatic rings. The molecule has 2 amide bonds. The Bertz CT molecular complexity index is 791. The van der Waals surface area contributed by atoms with Crippen LogP contribution in [0.1, 0.15) is 21.9 Å². The summed E-state index contributed by atoms with van der Waals surface area (Å²) in [5.41, 5.74) is 0.881. The number of esters is 1. The molecule has 0 spiro atoms. The number of ether oxygens (including phenoxy) is 1. The molecule has 2 aromatic heterocycles. The van der Waals surface area contributed by atoms with Gasteiger partial charge in [0.25, 0.3) is 11.1 Å². The maximum Gasteiger partial charge on any atom is 0.373 e. The molecule has 8 heteroatoms. The fourth-order valence-corrected chi connectivity index (χ4v) is 3.43. The Morgan fingerprint density at radius 2 is 2.17 bits per heavy atom. The molecule has 1 aliphatic rings. The van der Waals surface area contributed by atoms with Gasteiger partial charge in [0, 0.05) is 0 Å². The van der Waals surface area contributed by atoms with E-state index in [4.69, 9.17) is 4.42 Å². The second-order valence-electron chi connectivity index (χ2n) is 4.58. The van der Waals surface area contributed by atoms with E-state index in [2.05, 4.69) is 4.74 Å². The Kier molecular flexibility index (Phi) is 4.35. The number of rotatable bonds is 4. The number of furan rings is 1. The molecule has 6 nitrogen and oxygen atoms in total. The highest BCUT2D eigenvalue weighted by molar-refractivity contribution is 8.18. The molecule has 23 heavy (non-hydrogen) atoms. The van der Waals surface area contributed by atoms with E-state index in [1.165, 1.54) is 30.6 Å². The number of amides is 2. The molecule has 3 heterocycles. The predicted octanol–water partition coefficient (Wildman–Crippen LogP) is 3.36. The quantitative estimate of drug-likeness (QED) is 0.622. The summed E-state index contributed by atoms with van der Waals surface area (Å²) in [4.78, 5) is 37.2. The average Bonchev–Trinajstić information content (AvgIpc) is 3.26. The van der Waals surface area contributed by atoms with Crippen LogP contribution in [0.2, 0.25) is 0 Å². The van der Waals surface area contributed by atoms with Gasteiger partial charge in [-0.25, -0.2) is 4.79 Å². The highest BCUT2D eigenvalue weighted by Gasteiger charge is 2.35. The van der Waals surface area contributed by atoms with Crippen LogP contribution in [-0.2, 0) is 16.1 Å². The van der Waals surface area contributed by atoms with E-state index in [1.807, 2.05) is 16.8 Å². The van der Waals surface area contributed by atoms with Crippen LogP contribution >= 0.6 is 23.1 Å². The summed E-state index contributed by atoms with van der Waals surface area (Å²) in [6.07, 6.45) is 1.68. The Labute approximate surface area is 139 Å². The summed E-state index contributed by atoms with van der Waals surface area (Å²) in [6, 6.07) is 4.85. The molecule has 3 rings (SSSR count). The first-order valence-electron chi connectivity index (χ1n) is 6.53. The van der Waals surface area contributed by atoms with Crippen LogP contribution in [0.5, 0.6) is 0 Å². The molecule has 0 aromatic carbocycles. The van der Waals surface area contributed by atoms with Crippen molar-refractivity contribution in [2.45, 2.75) is 6.54 Å². The molecule has 0 aliphatic carbocycles. The number of carbonyl (C=O) groups is 3. The smallest absolute Gasteiger partial charge is 0.373 e. The number of imide groups is 1. The van der Waals surface area contributed by atoms with Crippen LogP contribution in [0.3, 0.4) is 0 Å². The molecule has 1 saturated heterocycles. The lowest BCUT2D eigenvalue weighted by atomic mass is 10.3. The third-order valence-corrected chi connectivity index (χ3v) is 4.69. The van der Waals surface area contributed by atoms with Gasteiger partial charge in [-0.1, -0.05) is 0 Å². The summed E-state index contributed by atoms with van der Waals surface area (Å²) >= 11 is 2.40. The number of thioether (sulfide) groups is 1. The number of hydrogen-bond donors (Lipinski definition) is 0. The van der Waals surface area contributed by atoms with Gasteiger partial charge >= 0.3 is 5.97 Å². The van der Waals surface area contributed by atoms with Gasteiger partial charge in [0.15, 0.2) is 0 Å². The van der Waals surface area contributed by atoms with Crippen molar-refractivity contribution in [3.8, 4) is 0 Å². The molecule has 1 fully saturated rings. The molecule has 0 unspecified atom stereocenters. The van der Waals surface area contributed by atoms with Crippen LogP contribution in [0.25, 0.3) is 6.08 Å². The summed E-state index contributed by atoms with van der Waals surface area (Å²) in [5.74, 6) is -0.613. The van der Waals surface area contributed by atoms with E-state index >= 15 is 0 Å². The Morgan fingerprint density at radius 3 is 2.87 bits per heavy atom. The van der Waals surface area contributed by atoms with Gasteiger partial charge in [-0.2, -0.15) is 11.3 Å². The van der Waals surface area contributed by atoms with Gasteiger partial charge in [-0.15, -0.1) is 0 Å². The van der Waals surface area contributed by atoms with Crippen molar-refractivity contribution < 1.29 is 23.5 Å². The second-order valence-corrected chi connectivity index (χ2v) is 6.36. The lowest BCUT2D eigenvalue weighted by molar-refractivity contribution is -0.123. The average molecular weight is 349 g/mol. The fourth-order valence-electron chi connectivity index (χ4n) is 1.97. The van der Waals surface area contributed by atoms with Crippen LogP contribution in [0.15, 0.2) is 38.3 Å². The molecule has 0 atom stereocenters. The molecule has 0 saturated carbocycles. The second kappa shape index (κ2) is 6.43. The first kappa shape index (κ1) is 15.6. The number of carbonyl (C=O) groups excluding carboxylic acids is 3. The van der Waals surface area contributed by atoms with E-state index in [1.54, 1.807) is 6.08 Å². The van der Waals surface area contributed by atoms with Crippen LogP contribution in [-0.4, -0.2) is 29.1 Å². The van der Waals surface area contributed by atoms with Crippen LogP contribution in [0, 0.1) is 0 Å². The number of methoxy groups -OCH3 is 1. The lowest BCUT2D eigenvalue weighted by Gasteiger charge is -2.09. The van der Waals surface area contributed by atoms with Gasteiger partial charge < -0.3 is 9.15 Å². The van der Waals surface area contributed by atoms with E-state index < -0.39 is 5.97 Å². The number of nitrogens with zero attached hydrogens (tertiary/aromatic N) is 1. The summed E-state index contributed by atoms with van der Waals surface area (Å²) in [6.45, 7) is -0.0252. The maximum absolute atomic E-state index is 12.3. The lowest BCUT2D eigenvalue weighted by Crippen LogP contribution is -2.27. The Hall–Kier alpha value is -2.32. The van der Waals surface area contributed by atoms with Crippen LogP contribution in [0.4, 0.5) is 4.79 Å². The normalized spacial score (nSPS) is 16.4. The minimum absolute atomic E-state index is 0.0252. The SMILES string of the molecule is COC(=O)c1ccc(CN2C(=O)SC(=Cc3ccsc3)C2=O)o1. The number of thiophene rings is 1. The summed E-state index contributed by atoms with van der Waals surface area (Å²) < 4.78 is 9.83. The predicted molar refractivity (Wildman–Crippen MR) is 85.9 cm³/mol. The van der Waals surface area contributed by atoms with Crippen molar-refractivity contribution in [2.75, 3.05) is 7.11 Å². The molecule has 1 aliphatic heterocycles. The first-order chi connectivity index (χ1) is 11.1. The third-order valence-electron chi connectivity index (χ3n) is 3.08. The zero-order chi connectivity index (χ0) is 16.4. The number of hydrogen-bond acceptors (Lipinski definition) is 7. The zero-order valence-electron chi connectivity index (χ0n) is 12.0. The standard InChI is InChI=1S/C15H11NO5S2/c1-20-14(18)11-3-2-10(21-11)7-16-13(17)12(23-15(16)19)6-9-4-5-22-8-9/h2-6,8H,7H2,1H3. The van der Waals surface area contributed by atoms with Crippen molar-refractivity contribution in [2.24, 2.45) is 0 Å². The van der Waals surface area contributed by atoms with E-state index in [9.17, 15) is 14.4 Å². The minimum atomic E-state index is -0.609. The largest absolute Gasteiger partial charge is 0.463 e. The van der Waals surface area contributed by atoms with Gasteiger partial charge in [0.2, 0.25) is 5.76 Å². The van der Waals surface area contributed by atoms with Crippen molar-refractivity contribution in [3.05, 3.63) is 50.9 Å². The van der Waals surface area contributed by atoms with Gasteiger partial charge in [-0.05, 0) is 52.4 Å². The Morgan fingerprint density at radius 1 is 1.35 bits per heavy atom. The molecule has 0 radical (unpaired) electrons. The minimum Gasteiger partial charge on any atom is -0.463 e. The van der Waals surface area contributed by atoms with E-state index in [-0.39, 0.29) is 23.5 Å².